The quantitative estimate of drug-likeness (QED) is 0.267. The summed E-state index contributed by atoms with van der Waals surface area (Å²) in [4.78, 5) is 6.94. The van der Waals surface area contributed by atoms with Crippen LogP contribution in [-0.2, 0) is 13.0 Å². The van der Waals surface area contributed by atoms with E-state index in [0.29, 0.717) is 18.2 Å². The second kappa shape index (κ2) is 11.0. The Balaban J connectivity index is 1.22. The van der Waals surface area contributed by atoms with E-state index in [4.69, 9.17) is 16.3 Å². The molecule has 1 aromatic heterocycles. The molecule has 37 heavy (non-hydrogen) atoms. The molecule has 6 heteroatoms. The van der Waals surface area contributed by atoms with Crippen molar-refractivity contribution < 1.29 is 9.84 Å². The monoisotopic (exact) mass is 517 g/mol. The van der Waals surface area contributed by atoms with Crippen LogP contribution in [0.3, 0.4) is 0 Å². The lowest BCUT2D eigenvalue weighted by molar-refractivity contribution is 0.0633. The van der Waals surface area contributed by atoms with Gasteiger partial charge in [0.15, 0.2) is 0 Å². The highest BCUT2D eigenvalue weighted by Gasteiger charge is 2.32. The molecule has 1 aliphatic heterocycles. The van der Waals surface area contributed by atoms with Crippen molar-refractivity contribution in [2.75, 3.05) is 20.2 Å². The molecule has 5 rings (SSSR count). The Morgan fingerprint density at radius 3 is 2.70 bits per heavy atom. The second-order valence-corrected chi connectivity index (χ2v) is 11.2. The molecule has 0 bridgehead atoms. The van der Waals surface area contributed by atoms with E-state index < -0.39 is 6.10 Å². The van der Waals surface area contributed by atoms with Crippen molar-refractivity contribution in [2.45, 2.75) is 57.3 Å². The number of fused-ring (bicyclic) bond motifs is 2. The molecular formula is C31H36ClN3O2. The van der Waals surface area contributed by atoms with Gasteiger partial charge in [-0.05, 0) is 80.3 Å². The summed E-state index contributed by atoms with van der Waals surface area (Å²) in [5, 5.41) is 18.9. The fourth-order valence-corrected chi connectivity index (χ4v) is 5.76. The Morgan fingerprint density at radius 1 is 1.08 bits per heavy atom. The molecular weight excluding hydrogens is 482 g/mol. The van der Waals surface area contributed by atoms with Crippen LogP contribution in [0, 0.1) is 0 Å². The van der Waals surface area contributed by atoms with Crippen LogP contribution in [0.15, 0.2) is 66.7 Å². The van der Waals surface area contributed by atoms with Crippen LogP contribution in [0.2, 0.25) is 5.15 Å². The van der Waals surface area contributed by atoms with E-state index in [1.165, 1.54) is 16.3 Å². The topological polar surface area (TPSA) is 57.6 Å². The Hall–Kier alpha value is -2.70. The van der Waals surface area contributed by atoms with E-state index in [1.54, 1.807) is 7.11 Å². The van der Waals surface area contributed by atoms with Gasteiger partial charge < -0.3 is 15.2 Å². The minimum Gasteiger partial charge on any atom is -0.497 e. The minimum atomic E-state index is -0.467. The van der Waals surface area contributed by atoms with Crippen molar-refractivity contribution in [3.8, 4) is 5.75 Å². The lowest BCUT2D eigenvalue weighted by atomic mass is 9.93. The molecule has 0 aliphatic carbocycles. The number of aliphatic hydroxyl groups is 1. The van der Waals surface area contributed by atoms with Crippen LogP contribution in [-0.4, -0.2) is 52.9 Å². The number of aromatic nitrogens is 1. The van der Waals surface area contributed by atoms with E-state index in [9.17, 15) is 5.11 Å². The number of halogens is 1. The van der Waals surface area contributed by atoms with Gasteiger partial charge in [0.25, 0.3) is 0 Å². The zero-order valence-electron chi connectivity index (χ0n) is 21.9. The molecule has 1 unspecified atom stereocenters. The number of benzene rings is 3. The third-order valence-corrected chi connectivity index (χ3v) is 7.86. The van der Waals surface area contributed by atoms with Gasteiger partial charge in [0.05, 0.1) is 18.7 Å². The van der Waals surface area contributed by atoms with Crippen LogP contribution in [0.1, 0.15) is 37.8 Å². The van der Waals surface area contributed by atoms with Crippen LogP contribution in [0.5, 0.6) is 5.75 Å². The lowest BCUT2D eigenvalue weighted by Gasteiger charge is -2.33. The molecule has 3 aromatic carbocycles. The largest absolute Gasteiger partial charge is 0.497 e. The highest BCUT2D eigenvalue weighted by molar-refractivity contribution is 6.30. The molecule has 4 aromatic rings. The molecule has 1 fully saturated rings. The number of nitrogens with zero attached hydrogens (tertiary/aromatic N) is 2. The number of methoxy groups -OCH3 is 1. The fourth-order valence-electron chi connectivity index (χ4n) is 5.55. The number of nitrogens with one attached hydrogen (secondary N) is 1. The first-order valence-corrected chi connectivity index (χ1v) is 13.5. The maximum Gasteiger partial charge on any atom is 0.134 e. The third-order valence-electron chi connectivity index (χ3n) is 7.53. The number of likely N-dealkylation sites (tertiary alicyclic amines) is 1. The summed E-state index contributed by atoms with van der Waals surface area (Å²) < 4.78 is 5.37. The predicted molar refractivity (Wildman–Crippen MR) is 152 cm³/mol. The summed E-state index contributed by atoms with van der Waals surface area (Å²) in [5.41, 5.74) is 2.98. The normalized spacial score (nSPS) is 17.5. The molecule has 194 valence electrons. The summed E-state index contributed by atoms with van der Waals surface area (Å²) >= 11 is 6.57. The Kier molecular flexibility index (Phi) is 7.68. The highest BCUT2D eigenvalue weighted by atomic mass is 35.5. The Bertz CT molecular complexity index is 1390. The van der Waals surface area contributed by atoms with Crippen LogP contribution in [0.25, 0.3) is 21.7 Å². The van der Waals surface area contributed by atoms with Crippen molar-refractivity contribution in [1.29, 1.82) is 0 Å². The number of β-amino-alcohol motifs (C(OH)–C–C–N with tert-alkyl or cyclic N) is 1. The summed E-state index contributed by atoms with van der Waals surface area (Å²) in [7, 11) is 1.67. The van der Waals surface area contributed by atoms with E-state index in [1.807, 2.05) is 18.2 Å². The average Bonchev–Trinajstić information content (AvgIpc) is 3.35. The van der Waals surface area contributed by atoms with E-state index >= 15 is 0 Å². The van der Waals surface area contributed by atoms with Crippen LogP contribution < -0.4 is 10.1 Å². The van der Waals surface area contributed by atoms with Crippen molar-refractivity contribution in [3.63, 3.8) is 0 Å². The maximum absolute atomic E-state index is 11.2. The predicted octanol–water partition coefficient (Wildman–Crippen LogP) is 5.99. The van der Waals surface area contributed by atoms with Crippen LogP contribution >= 0.6 is 11.6 Å². The molecule has 2 N–H and O–H groups in total. The van der Waals surface area contributed by atoms with Crippen LogP contribution in [0.4, 0.5) is 0 Å². The summed E-state index contributed by atoms with van der Waals surface area (Å²) in [6.45, 7) is 6.56. The molecule has 2 heterocycles. The number of pyridine rings is 1. The first-order valence-electron chi connectivity index (χ1n) is 13.1. The zero-order valence-corrected chi connectivity index (χ0v) is 22.6. The summed E-state index contributed by atoms with van der Waals surface area (Å²) in [6, 6.07) is 23.1. The zero-order chi connectivity index (χ0) is 26.0. The Labute approximate surface area is 224 Å². The molecule has 5 nitrogen and oxygen atoms in total. The average molecular weight is 518 g/mol. The van der Waals surface area contributed by atoms with Gasteiger partial charge >= 0.3 is 0 Å². The first-order chi connectivity index (χ1) is 17.8. The number of ether oxygens (including phenoxy) is 1. The van der Waals surface area contributed by atoms with E-state index in [0.717, 1.165) is 48.0 Å². The molecule has 1 aliphatic rings. The standard InChI is InChI=1S/C31H36ClN3O2/c1-31(2,18-21-10-11-22-7-4-5-8-23(22)15-21)33-19-29(36)28-9-6-14-35(28)20-25-16-24-17-26(37-3)12-13-27(24)34-30(25)32/h4-5,7-8,10-13,15-17,28-29,33,36H,6,9,14,18-20H2,1-3H3/t28?,29-/m1/s1. The van der Waals surface area contributed by atoms with Gasteiger partial charge in [0.2, 0.25) is 0 Å². The van der Waals surface area contributed by atoms with E-state index in [-0.39, 0.29) is 11.6 Å². The smallest absolute Gasteiger partial charge is 0.134 e. The van der Waals surface area contributed by atoms with Gasteiger partial charge in [0.1, 0.15) is 10.9 Å². The second-order valence-electron chi connectivity index (χ2n) is 10.9. The van der Waals surface area contributed by atoms with Gasteiger partial charge in [-0.15, -0.1) is 0 Å². The van der Waals surface area contributed by atoms with Gasteiger partial charge in [-0.1, -0.05) is 54.1 Å². The van der Waals surface area contributed by atoms with Crippen molar-refractivity contribution in [2.24, 2.45) is 0 Å². The van der Waals surface area contributed by atoms with E-state index in [2.05, 4.69) is 77.6 Å². The van der Waals surface area contributed by atoms with Crippen molar-refractivity contribution in [3.05, 3.63) is 83.0 Å². The molecule has 0 saturated carbocycles. The summed E-state index contributed by atoms with van der Waals surface area (Å²) in [6.07, 6.45) is 2.46. The lowest BCUT2D eigenvalue weighted by Crippen LogP contribution is -2.50. The van der Waals surface area contributed by atoms with Gasteiger partial charge in [-0.25, -0.2) is 4.98 Å². The first kappa shape index (κ1) is 25.9. The van der Waals surface area contributed by atoms with Crippen molar-refractivity contribution >= 4 is 33.3 Å². The fraction of sp³-hybridized carbons (Fsp3) is 0.387. The SMILES string of the molecule is COc1ccc2nc(Cl)c(CN3CCCC3[C@H](O)CNC(C)(C)Cc3ccc4ccccc4c3)cc2c1. The van der Waals surface area contributed by atoms with Crippen molar-refractivity contribution in [1.82, 2.24) is 15.2 Å². The molecule has 0 spiro atoms. The highest BCUT2D eigenvalue weighted by Crippen LogP contribution is 2.29. The number of hydrogen-bond donors (Lipinski definition) is 2. The van der Waals surface area contributed by atoms with Gasteiger partial charge in [-0.2, -0.15) is 0 Å². The minimum absolute atomic E-state index is 0.0843. The molecule has 0 amide bonds. The number of hydrogen-bond acceptors (Lipinski definition) is 5. The molecule has 1 saturated heterocycles. The van der Waals surface area contributed by atoms with Gasteiger partial charge in [0, 0.05) is 35.6 Å². The summed E-state index contributed by atoms with van der Waals surface area (Å²) in [5.74, 6) is 0.800. The third kappa shape index (κ3) is 6.07. The Morgan fingerprint density at radius 2 is 1.89 bits per heavy atom. The maximum atomic E-state index is 11.2. The number of rotatable bonds is 9. The van der Waals surface area contributed by atoms with Gasteiger partial charge in [-0.3, -0.25) is 4.90 Å². The number of aliphatic hydroxyl groups excluding tert-OH is 1. The molecule has 0 radical (unpaired) electrons. The molecule has 2 atom stereocenters.